The molecular weight excluding hydrogens is 321 g/mol. The van der Waals surface area contributed by atoms with E-state index < -0.39 is 5.97 Å². The molecule has 1 aromatic heterocycles. The second kappa shape index (κ2) is 5.67. The van der Waals surface area contributed by atoms with Gasteiger partial charge in [0.05, 0.1) is 22.2 Å². The highest BCUT2D eigenvalue weighted by Crippen LogP contribution is 2.38. The smallest absolute Gasteiger partial charge is 0.307 e. The molecule has 5 heteroatoms. The third-order valence-corrected chi connectivity index (χ3v) is 4.52. The number of carbonyl (C=O) groups is 1. The lowest BCUT2D eigenvalue weighted by molar-refractivity contribution is -0.136. The zero-order chi connectivity index (χ0) is 15.9. The molecule has 0 saturated carbocycles. The van der Waals surface area contributed by atoms with Crippen molar-refractivity contribution in [3.8, 4) is 11.3 Å². The van der Waals surface area contributed by atoms with Crippen LogP contribution in [0.25, 0.3) is 22.2 Å². The molecule has 0 spiro atoms. The standard InChI is InChI=1S/C17H13Cl2NO2/c1-9-4-2-5-10-12(8-14(21)22)17(20-16(9)10)11-6-3-7-13(18)15(11)19/h2-7,20H,8H2,1H3,(H,21,22). The van der Waals surface area contributed by atoms with E-state index in [-0.39, 0.29) is 6.42 Å². The number of aromatic amines is 1. The van der Waals surface area contributed by atoms with Gasteiger partial charge in [0.2, 0.25) is 0 Å². The summed E-state index contributed by atoms with van der Waals surface area (Å²) in [6.45, 7) is 1.98. The topological polar surface area (TPSA) is 53.1 Å². The van der Waals surface area contributed by atoms with Crippen molar-refractivity contribution in [1.29, 1.82) is 0 Å². The van der Waals surface area contributed by atoms with Crippen molar-refractivity contribution < 1.29 is 9.90 Å². The zero-order valence-corrected chi connectivity index (χ0v) is 13.3. The van der Waals surface area contributed by atoms with Gasteiger partial charge in [-0.05, 0) is 24.1 Å². The Morgan fingerprint density at radius 2 is 1.91 bits per heavy atom. The van der Waals surface area contributed by atoms with Crippen molar-refractivity contribution >= 4 is 40.1 Å². The van der Waals surface area contributed by atoms with Crippen LogP contribution in [0.3, 0.4) is 0 Å². The Kier molecular flexibility index (Phi) is 3.85. The van der Waals surface area contributed by atoms with Crippen LogP contribution >= 0.6 is 23.2 Å². The minimum Gasteiger partial charge on any atom is -0.481 e. The van der Waals surface area contributed by atoms with Gasteiger partial charge in [-0.3, -0.25) is 4.79 Å². The first-order valence-corrected chi connectivity index (χ1v) is 7.51. The maximum Gasteiger partial charge on any atom is 0.307 e. The number of rotatable bonds is 3. The van der Waals surface area contributed by atoms with Gasteiger partial charge in [0.15, 0.2) is 0 Å². The van der Waals surface area contributed by atoms with Gasteiger partial charge < -0.3 is 10.1 Å². The summed E-state index contributed by atoms with van der Waals surface area (Å²) in [6, 6.07) is 11.1. The summed E-state index contributed by atoms with van der Waals surface area (Å²) in [6.07, 6.45) is -0.0817. The third-order valence-electron chi connectivity index (χ3n) is 3.70. The number of H-pyrrole nitrogens is 1. The number of aryl methyl sites for hydroxylation is 1. The number of carboxylic acids is 1. The van der Waals surface area contributed by atoms with E-state index in [0.29, 0.717) is 21.3 Å². The van der Waals surface area contributed by atoms with Crippen LogP contribution in [0.15, 0.2) is 36.4 Å². The monoisotopic (exact) mass is 333 g/mol. The predicted octanol–water partition coefficient (Wildman–Crippen LogP) is 5.08. The SMILES string of the molecule is Cc1cccc2c(CC(=O)O)c(-c3cccc(Cl)c3Cl)[nH]c12. The van der Waals surface area contributed by atoms with Gasteiger partial charge >= 0.3 is 5.97 Å². The number of halogens is 2. The second-order valence-corrected chi connectivity index (χ2v) is 5.93. The van der Waals surface area contributed by atoms with Gasteiger partial charge in [-0.1, -0.05) is 53.5 Å². The molecule has 0 fully saturated rings. The number of aromatic nitrogens is 1. The van der Waals surface area contributed by atoms with Crippen LogP contribution in [0.2, 0.25) is 10.0 Å². The van der Waals surface area contributed by atoms with Crippen molar-refractivity contribution in [2.24, 2.45) is 0 Å². The zero-order valence-electron chi connectivity index (χ0n) is 11.8. The summed E-state index contributed by atoms with van der Waals surface area (Å²) < 4.78 is 0. The molecule has 0 radical (unpaired) electrons. The molecule has 0 aliphatic carbocycles. The molecule has 112 valence electrons. The highest BCUT2D eigenvalue weighted by Gasteiger charge is 2.19. The first kappa shape index (κ1) is 14.9. The van der Waals surface area contributed by atoms with Crippen LogP contribution < -0.4 is 0 Å². The molecule has 0 atom stereocenters. The molecule has 22 heavy (non-hydrogen) atoms. The van der Waals surface area contributed by atoms with E-state index in [1.54, 1.807) is 12.1 Å². The van der Waals surface area contributed by atoms with E-state index in [1.807, 2.05) is 31.2 Å². The maximum atomic E-state index is 11.3. The van der Waals surface area contributed by atoms with Crippen LogP contribution in [0.1, 0.15) is 11.1 Å². The Bertz CT molecular complexity index is 884. The number of aliphatic carboxylic acids is 1. The molecule has 0 bridgehead atoms. The van der Waals surface area contributed by atoms with Crippen molar-refractivity contribution in [3.05, 3.63) is 57.6 Å². The lowest BCUT2D eigenvalue weighted by atomic mass is 10.0. The van der Waals surface area contributed by atoms with Gasteiger partial charge in [0, 0.05) is 16.5 Å². The molecule has 3 nitrogen and oxygen atoms in total. The summed E-state index contributed by atoms with van der Waals surface area (Å²) in [5, 5.41) is 11.0. The Balaban J connectivity index is 2.35. The van der Waals surface area contributed by atoms with Crippen molar-refractivity contribution in [2.75, 3.05) is 0 Å². The molecule has 0 amide bonds. The number of fused-ring (bicyclic) bond motifs is 1. The van der Waals surface area contributed by atoms with E-state index in [0.717, 1.165) is 22.0 Å². The Morgan fingerprint density at radius 3 is 2.64 bits per heavy atom. The number of para-hydroxylation sites is 1. The molecule has 0 unspecified atom stereocenters. The van der Waals surface area contributed by atoms with Gasteiger partial charge in [-0.15, -0.1) is 0 Å². The van der Waals surface area contributed by atoms with Crippen LogP contribution in [0.5, 0.6) is 0 Å². The lowest BCUT2D eigenvalue weighted by Crippen LogP contribution is -2.01. The van der Waals surface area contributed by atoms with Gasteiger partial charge in [-0.25, -0.2) is 0 Å². The number of benzene rings is 2. The van der Waals surface area contributed by atoms with E-state index >= 15 is 0 Å². The average molecular weight is 334 g/mol. The molecular formula is C17H13Cl2NO2. The Morgan fingerprint density at radius 1 is 1.18 bits per heavy atom. The molecule has 0 aliphatic heterocycles. The highest BCUT2D eigenvalue weighted by atomic mass is 35.5. The van der Waals surface area contributed by atoms with Gasteiger partial charge in [-0.2, -0.15) is 0 Å². The molecule has 0 saturated heterocycles. The fraction of sp³-hybridized carbons (Fsp3) is 0.118. The largest absolute Gasteiger partial charge is 0.481 e. The van der Waals surface area contributed by atoms with Crippen molar-refractivity contribution in [2.45, 2.75) is 13.3 Å². The minimum absolute atomic E-state index is 0.0817. The number of nitrogens with one attached hydrogen (secondary N) is 1. The number of hydrogen-bond acceptors (Lipinski definition) is 1. The summed E-state index contributed by atoms with van der Waals surface area (Å²) in [4.78, 5) is 14.6. The fourth-order valence-corrected chi connectivity index (χ4v) is 3.08. The second-order valence-electron chi connectivity index (χ2n) is 5.15. The third kappa shape index (κ3) is 2.47. The lowest BCUT2D eigenvalue weighted by Gasteiger charge is -2.06. The highest BCUT2D eigenvalue weighted by molar-refractivity contribution is 6.43. The molecule has 3 rings (SSSR count). The summed E-state index contributed by atoms with van der Waals surface area (Å²) in [5.74, 6) is -0.887. The Hall–Kier alpha value is -1.97. The van der Waals surface area contributed by atoms with Crippen molar-refractivity contribution in [1.82, 2.24) is 4.98 Å². The van der Waals surface area contributed by atoms with Crippen LogP contribution in [0.4, 0.5) is 0 Å². The van der Waals surface area contributed by atoms with E-state index in [9.17, 15) is 9.90 Å². The van der Waals surface area contributed by atoms with Crippen LogP contribution in [0, 0.1) is 6.92 Å². The van der Waals surface area contributed by atoms with Gasteiger partial charge in [0.1, 0.15) is 0 Å². The van der Waals surface area contributed by atoms with E-state index in [2.05, 4.69) is 4.98 Å². The first-order chi connectivity index (χ1) is 10.5. The minimum atomic E-state index is -0.887. The summed E-state index contributed by atoms with van der Waals surface area (Å²) in [5.41, 5.74) is 4.11. The Labute approximate surface area is 137 Å². The van der Waals surface area contributed by atoms with Gasteiger partial charge in [0.25, 0.3) is 0 Å². The van der Waals surface area contributed by atoms with E-state index in [1.165, 1.54) is 0 Å². The average Bonchev–Trinajstić information content (AvgIpc) is 2.82. The summed E-state index contributed by atoms with van der Waals surface area (Å²) in [7, 11) is 0. The number of carboxylic acid groups (broad SMARTS) is 1. The molecule has 0 aliphatic rings. The molecule has 2 aromatic carbocycles. The first-order valence-electron chi connectivity index (χ1n) is 6.75. The van der Waals surface area contributed by atoms with Crippen LogP contribution in [-0.4, -0.2) is 16.1 Å². The van der Waals surface area contributed by atoms with Crippen molar-refractivity contribution in [3.63, 3.8) is 0 Å². The quantitative estimate of drug-likeness (QED) is 0.702. The maximum absolute atomic E-state index is 11.3. The molecule has 2 N–H and O–H groups in total. The fourth-order valence-electron chi connectivity index (χ4n) is 2.68. The van der Waals surface area contributed by atoms with E-state index in [4.69, 9.17) is 23.2 Å². The number of hydrogen-bond donors (Lipinski definition) is 2. The normalized spacial score (nSPS) is 11.0. The molecule has 1 heterocycles. The predicted molar refractivity (Wildman–Crippen MR) is 89.8 cm³/mol. The molecule has 3 aromatic rings. The van der Waals surface area contributed by atoms with Crippen LogP contribution in [-0.2, 0) is 11.2 Å². The summed E-state index contributed by atoms with van der Waals surface area (Å²) >= 11 is 12.4.